The van der Waals surface area contributed by atoms with E-state index in [1.807, 2.05) is 19.1 Å². The molecule has 1 saturated carbocycles. The van der Waals surface area contributed by atoms with Gasteiger partial charge in [0.15, 0.2) is 0 Å². The largest absolute Gasteiger partial charge is 0.389 e. The van der Waals surface area contributed by atoms with E-state index in [0.717, 1.165) is 23.0 Å². The van der Waals surface area contributed by atoms with Gasteiger partial charge in [-0.05, 0) is 43.7 Å². The summed E-state index contributed by atoms with van der Waals surface area (Å²) in [4.78, 5) is 5.01. The third kappa shape index (κ3) is 3.69. The number of nitrogens with zero attached hydrogens (tertiary/aromatic N) is 1. The second kappa shape index (κ2) is 6.53. The van der Waals surface area contributed by atoms with Crippen molar-refractivity contribution in [3.8, 4) is 0 Å². The number of hydrogen-bond acceptors (Lipinski definition) is 3. The molecule has 0 bridgehead atoms. The Balaban J connectivity index is 2.17. The minimum Gasteiger partial charge on any atom is -0.389 e. The van der Waals surface area contributed by atoms with E-state index < -0.39 is 0 Å². The van der Waals surface area contributed by atoms with E-state index in [9.17, 15) is 0 Å². The summed E-state index contributed by atoms with van der Waals surface area (Å²) < 4.78 is 0. The van der Waals surface area contributed by atoms with Gasteiger partial charge in [-0.1, -0.05) is 38.9 Å². The summed E-state index contributed by atoms with van der Waals surface area (Å²) >= 11 is 5.07. The monoisotopic (exact) mass is 291 g/mol. The minimum atomic E-state index is 0.433. The van der Waals surface area contributed by atoms with Gasteiger partial charge in [0.05, 0.1) is 0 Å². The molecule has 4 heteroatoms. The van der Waals surface area contributed by atoms with Crippen LogP contribution in [0.1, 0.15) is 50.8 Å². The highest BCUT2D eigenvalue weighted by atomic mass is 32.1. The van der Waals surface area contributed by atoms with E-state index >= 15 is 0 Å². The number of anilines is 1. The van der Waals surface area contributed by atoms with Crippen LogP contribution in [0.2, 0.25) is 0 Å². The van der Waals surface area contributed by atoms with E-state index in [4.69, 9.17) is 18.0 Å². The van der Waals surface area contributed by atoms with E-state index in [1.54, 1.807) is 0 Å². The van der Waals surface area contributed by atoms with Crippen LogP contribution in [0, 0.1) is 18.8 Å². The lowest BCUT2D eigenvalue weighted by Crippen LogP contribution is -2.35. The van der Waals surface area contributed by atoms with Crippen molar-refractivity contribution in [1.82, 2.24) is 4.98 Å². The van der Waals surface area contributed by atoms with Gasteiger partial charge in [0.25, 0.3) is 0 Å². The van der Waals surface area contributed by atoms with Gasteiger partial charge >= 0.3 is 0 Å². The van der Waals surface area contributed by atoms with Crippen LogP contribution in [0.3, 0.4) is 0 Å². The van der Waals surface area contributed by atoms with Crippen LogP contribution in [-0.4, -0.2) is 16.0 Å². The van der Waals surface area contributed by atoms with Crippen molar-refractivity contribution in [3.63, 3.8) is 0 Å². The zero-order valence-corrected chi connectivity index (χ0v) is 13.5. The minimum absolute atomic E-state index is 0.433. The predicted molar refractivity (Wildman–Crippen MR) is 89.1 cm³/mol. The Morgan fingerprint density at radius 1 is 1.35 bits per heavy atom. The average Bonchev–Trinajstić information content (AvgIpc) is 2.38. The zero-order chi connectivity index (χ0) is 14.7. The van der Waals surface area contributed by atoms with Crippen LogP contribution in [0.15, 0.2) is 12.1 Å². The molecule has 2 unspecified atom stereocenters. The van der Waals surface area contributed by atoms with Crippen molar-refractivity contribution in [2.24, 2.45) is 17.6 Å². The highest BCUT2D eigenvalue weighted by Gasteiger charge is 2.27. The van der Waals surface area contributed by atoms with Gasteiger partial charge in [0.2, 0.25) is 0 Å². The Hall–Kier alpha value is -1.16. The molecule has 1 fully saturated rings. The number of nitrogens with two attached hydrogens (primary N) is 1. The Bertz CT molecular complexity index is 485. The normalized spacial score (nSPS) is 22.8. The Morgan fingerprint density at radius 3 is 2.70 bits per heavy atom. The average molecular weight is 291 g/mol. The molecule has 1 aromatic heterocycles. The smallest absolute Gasteiger partial charge is 0.127 e. The molecule has 110 valence electrons. The first-order valence-corrected chi connectivity index (χ1v) is 7.93. The molecule has 1 aromatic rings. The van der Waals surface area contributed by atoms with Crippen molar-refractivity contribution in [2.75, 3.05) is 5.32 Å². The molecule has 1 aliphatic carbocycles. The molecule has 2 rings (SSSR count). The second-order valence-corrected chi connectivity index (χ2v) is 6.63. The Kier molecular flexibility index (Phi) is 4.97. The highest BCUT2D eigenvalue weighted by molar-refractivity contribution is 7.80. The van der Waals surface area contributed by atoms with Crippen molar-refractivity contribution < 1.29 is 0 Å². The molecule has 0 aliphatic heterocycles. The molecule has 2 atom stereocenters. The van der Waals surface area contributed by atoms with Crippen molar-refractivity contribution >= 4 is 23.0 Å². The van der Waals surface area contributed by atoms with E-state index in [1.165, 1.54) is 25.7 Å². The highest BCUT2D eigenvalue weighted by Crippen LogP contribution is 2.32. The first-order chi connectivity index (χ1) is 9.47. The van der Waals surface area contributed by atoms with Crippen molar-refractivity contribution in [2.45, 2.75) is 52.5 Å². The number of rotatable bonds is 4. The van der Waals surface area contributed by atoms with Crippen LogP contribution < -0.4 is 11.1 Å². The fourth-order valence-corrected chi connectivity index (χ4v) is 3.33. The summed E-state index contributed by atoms with van der Waals surface area (Å²) in [5, 5.41) is 3.62. The third-order valence-electron chi connectivity index (χ3n) is 4.25. The quantitative estimate of drug-likeness (QED) is 0.831. The fourth-order valence-electron chi connectivity index (χ4n) is 3.21. The van der Waals surface area contributed by atoms with E-state index in [-0.39, 0.29) is 0 Å². The van der Waals surface area contributed by atoms with E-state index in [2.05, 4.69) is 24.1 Å². The maximum Gasteiger partial charge on any atom is 0.127 e. The summed E-state index contributed by atoms with van der Waals surface area (Å²) in [5.74, 6) is 2.33. The lowest BCUT2D eigenvalue weighted by molar-refractivity contribution is 0.253. The number of nitrogens with one attached hydrogen (secondary N) is 1. The summed E-state index contributed by atoms with van der Waals surface area (Å²) in [6, 6.07) is 4.42. The third-order valence-corrected chi connectivity index (χ3v) is 4.48. The number of hydrogen-bond donors (Lipinski definition) is 2. The van der Waals surface area contributed by atoms with Crippen LogP contribution in [0.25, 0.3) is 0 Å². The molecule has 0 amide bonds. The van der Waals surface area contributed by atoms with Crippen LogP contribution in [-0.2, 0) is 0 Å². The summed E-state index contributed by atoms with van der Waals surface area (Å²) in [6.07, 6.45) is 5.18. The second-order valence-electron chi connectivity index (χ2n) is 6.19. The van der Waals surface area contributed by atoms with Crippen LogP contribution in [0.5, 0.6) is 0 Å². The van der Waals surface area contributed by atoms with Crippen LogP contribution >= 0.6 is 12.2 Å². The lowest BCUT2D eigenvalue weighted by atomic mass is 9.78. The lowest BCUT2D eigenvalue weighted by Gasteiger charge is -2.35. The van der Waals surface area contributed by atoms with Crippen LogP contribution in [0.4, 0.5) is 5.82 Å². The molecule has 1 aliphatic rings. The molecule has 1 heterocycles. The molecule has 3 nitrogen and oxygen atoms in total. The molecular formula is C16H25N3S. The first-order valence-electron chi connectivity index (χ1n) is 7.52. The predicted octanol–water partition coefficient (Wildman–Crippen LogP) is 3.65. The topological polar surface area (TPSA) is 50.9 Å². The van der Waals surface area contributed by atoms with Crippen molar-refractivity contribution in [1.29, 1.82) is 0 Å². The molecule has 0 saturated heterocycles. The molecule has 0 radical (unpaired) electrons. The summed E-state index contributed by atoms with van der Waals surface area (Å²) in [7, 11) is 0. The van der Waals surface area contributed by atoms with Gasteiger partial charge < -0.3 is 11.1 Å². The fraction of sp³-hybridized carbons (Fsp3) is 0.625. The maximum atomic E-state index is 5.74. The van der Waals surface area contributed by atoms with Gasteiger partial charge in [0.1, 0.15) is 10.8 Å². The SMILES string of the molecule is Cc1cc(C(N)=S)cc(NC2CCCCC2C(C)C)n1. The zero-order valence-electron chi connectivity index (χ0n) is 12.6. The molecule has 0 spiro atoms. The van der Waals surface area contributed by atoms with Gasteiger partial charge in [-0.15, -0.1) is 0 Å². The van der Waals surface area contributed by atoms with E-state index in [0.29, 0.717) is 16.9 Å². The summed E-state index contributed by atoms with van der Waals surface area (Å²) in [6.45, 7) is 6.61. The molecule has 3 N–H and O–H groups in total. The number of aryl methyl sites for hydroxylation is 1. The molecule has 0 aromatic carbocycles. The van der Waals surface area contributed by atoms with Gasteiger partial charge in [-0.25, -0.2) is 4.98 Å². The Labute approximate surface area is 127 Å². The summed E-state index contributed by atoms with van der Waals surface area (Å²) in [5.41, 5.74) is 7.58. The maximum absolute atomic E-state index is 5.74. The molecule has 20 heavy (non-hydrogen) atoms. The molecular weight excluding hydrogens is 266 g/mol. The number of pyridine rings is 1. The van der Waals surface area contributed by atoms with Gasteiger partial charge in [-0.3, -0.25) is 0 Å². The van der Waals surface area contributed by atoms with Gasteiger partial charge in [0, 0.05) is 17.3 Å². The van der Waals surface area contributed by atoms with Gasteiger partial charge in [-0.2, -0.15) is 0 Å². The number of thiocarbonyl (C=S) groups is 1. The standard InChI is InChI=1S/C16H25N3S/c1-10(2)13-6-4-5-7-14(13)19-15-9-12(16(17)20)8-11(3)18-15/h8-10,13-14H,4-7H2,1-3H3,(H2,17,20)(H,18,19). The Morgan fingerprint density at radius 2 is 2.05 bits per heavy atom. The van der Waals surface area contributed by atoms with Crippen molar-refractivity contribution in [3.05, 3.63) is 23.4 Å². The number of aromatic nitrogens is 1. The first kappa shape index (κ1) is 15.2.